The fourth-order valence-corrected chi connectivity index (χ4v) is 5.27. The lowest BCUT2D eigenvalue weighted by atomic mass is 10.1. The second-order valence-electron chi connectivity index (χ2n) is 8.41. The smallest absolute Gasteiger partial charge is 0.251 e. The number of benzene rings is 3. The summed E-state index contributed by atoms with van der Waals surface area (Å²) in [6, 6.07) is 18.9. The Hall–Kier alpha value is -3.21. The Labute approximate surface area is 251 Å². The van der Waals surface area contributed by atoms with E-state index >= 15 is 0 Å². The molecule has 0 fully saturated rings. The lowest BCUT2D eigenvalue weighted by molar-refractivity contribution is 0.0948. The number of halogens is 2. The molecule has 210 valence electrons. The van der Waals surface area contributed by atoms with Crippen LogP contribution in [0.2, 0.25) is 5.02 Å². The molecule has 0 unspecified atom stereocenters. The summed E-state index contributed by atoms with van der Waals surface area (Å²) in [7, 11) is 0. The number of aromatic nitrogens is 3. The van der Waals surface area contributed by atoms with E-state index in [4.69, 9.17) is 25.8 Å². The number of amides is 1. The molecule has 4 rings (SSSR count). The van der Waals surface area contributed by atoms with Crippen LogP contribution in [0.1, 0.15) is 42.5 Å². The molecule has 1 heterocycles. The summed E-state index contributed by atoms with van der Waals surface area (Å²) in [4.78, 5) is 13.3. The third-order valence-corrected chi connectivity index (χ3v) is 7.39. The zero-order valence-corrected chi connectivity index (χ0v) is 25.6. The van der Waals surface area contributed by atoms with Gasteiger partial charge in [0.1, 0.15) is 0 Å². The molecule has 0 aliphatic carbocycles. The van der Waals surface area contributed by atoms with Crippen molar-refractivity contribution in [2.45, 2.75) is 38.2 Å². The van der Waals surface area contributed by atoms with Crippen LogP contribution in [-0.4, -0.2) is 40.5 Å². The van der Waals surface area contributed by atoms with Gasteiger partial charge in [-0.3, -0.25) is 9.36 Å². The highest BCUT2D eigenvalue weighted by Gasteiger charge is 2.20. The number of nitrogens with one attached hydrogen (secondary N) is 1. The Morgan fingerprint density at radius 3 is 2.25 bits per heavy atom. The first-order chi connectivity index (χ1) is 19.4. The van der Waals surface area contributed by atoms with Crippen molar-refractivity contribution >= 4 is 45.2 Å². The van der Waals surface area contributed by atoms with Crippen LogP contribution in [-0.2, 0) is 12.3 Å². The Morgan fingerprint density at radius 2 is 1.62 bits per heavy atom. The fourth-order valence-electron chi connectivity index (χ4n) is 3.89. The van der Waals surface area contributed by atoms with Gasteiger partial charge in [0.25, 0.3) is 5.91 Å². The molecule has 1 amide bonds. The highest BCUT2D eigenvalue weighted by atomic mass is 79.9. The van der Waals surface area contributed by atoms with E-state index in [1.54, 1.807) is 23.9 Å². The monoisotopic (exact) mass is 644 g/mol. The number of hydrogen-bond acceptors (Lipinski definition) is 7. The predicted octanol–water partition coefficient (Wildman–Crippen LogP) is 7.10. The molecule has 0 aliphatic heterocycles. The summed E-state index contributed by atoms with van der Waals surface area (Å²) in [5, 5.41) is 13.1. The lowest BCUT2D eigenvalue weighted by Crippen LogP contribution is -2.25. The van der Waals surface area contributed by atoms with Gasteiger partial charge in [-0.15, -0.1) is 10.2 Å². The molecule has 0 bridgehead atoms. The predicted molar refractivity (Wildman–Crippen MR) is 161 cm³/mol. The van der Waals surface area contributed by atoms with Crippen LogP contribution < -0.4 is 19.5 Å². The van der Waals surface area contributed by atoms with Crippen LogP contribution in [0.5, 0.6) is 17.2 Å². The summed E-state index contributed by atoms with van der Waals surface area (Å²) < 4.78 is 20.2. The highest BCUT2D eigenvalue weighted by Crippen LogP contribution is 2.39. The van der Waals surface area contributed by atoms with E-state index in [0.29, 0.717) is 64.4 Å². The standard InChI is InChI=1S/C29H30BrClN4O4S/c1-4-37-24-14-20(15-25(38-5-2)27(24)39-6-3)28(36)32-17-26-33-34-29(35(26)23-9-7-8-22(31)16-23)40-18-19-10-12-21(30)13-11-19/h7-16H,4-6,17-18H2,1-3H3,(H,32,36). The van der Waals surface area contributed by atoms with Gasteiger partial charge in [-0.2, -0.15) is 0 Å². The third-order valence-electron chi connectivity index (χ3n) is 5.63. The number of nitrogens with zero attached hydrogens (tertiary/aromatic N) is 3. The van der Waals surface area contributed by atoms with Gasteiger partial charge in [-0.1, -0.05) is 57.5 Å². The van der Waals surface area contributed by atoms with E-state index in [9.17, 15) is 4.79 Å². The van der Waals surface area contributed by atoms with Crippen molar-refractivity contribution in [1.82, 2.24) is 20.1 Å². The van der Waals surface area contributed by atoms with Gasteiger partial charge in [-0.05, 0) is 68.8 Å². The van der Waals surface area contributed by atoms with Gasteiger partial charge >= 0.3 is 0 Å². The number of thioether (sulfide) groups is 1. The largest absolute Gasteiger partial charge is 0.490 e. The maximum absolute atomic E-state index is 13.3. The van der Waals surface area contributed by atoms with Gasteiger partial charge in [-0.25, -0.2) is 0 Å². The van der Waals surface area contributed by atoms with E-state index in [2.05, 4.69) is 43.6 Å². The molecular formula is C29H30BrClN4O4S. The lowest BCUT2D eigenvalue weighted by Gasteiger charge is -2.17. The van der Waals surface area contributed by atoms with Crippen LogP contribution in [0, 0.1) is 0 Å². The maximum atomic E-state index is 13.3. The fraction of sp³-hybridized carbons (Fsp3) is 0.276. The van der Waals surface area contributed by atoms with E-state index < -0.39 is 0 Å². The summed E-state index contributed by atoms with van der Waals surface area (Å²) in [6.07, 6.45) is 0. The molecular weight excluding hydrogens is 616 g/mol. The first-order valence-electron chi connectivity index (χ1n) is 12.9. The number of ether oxygens (including phenoxy) is 3. The molecule has 1 N–H and O–H groups in total. The Kier molecular flexibility index (Phi) is 10.7. The molecule has 1 aromatic heterocycles. The summed E-state index contributed by atoms with van der Waals surface area (Å²) in [6.45, 7) is 7.04. The van der Waals surface area contributed by atoms with Crippen molar-refractivity contribution in [3.63, 3.8) is 0 Å². The topological polar surface area (TPSA) is 87.5 Å². The minimum atomic E-state index is -0.310. The highest BCUT2D eigenvalue weighted by molar-refractivity contribution is 9.10. The van der Waals surface area contributed by atoms with E-state index in [-0.39, 0.29) is 12.5 Å². The average molecular weight is 646 g/mol. The van der Waals surface area contributed by atoms with Gasteiger partial charge in [0, 0.05) is 20.8 Å². The maximum Gasteiger partial charge on any atom is 0.251 e. The number of carbonyl (C=O) groups is 1. The average Bonchev–Trinajstić information content (AvgIpc) is 3.36. The van der Waals surface area contributed by atoms with Crippen LogP contribution in [0.4, 0.5) is 0 Å². The minimum absolute atomic E-state index is 0.137. The quantitative estimate of drug-likeness (QED) is 0.155. The SMILES string of the molecule is CCOc1cc(C(=O)NCc2nnc(SCc3ccc(Br)cc3)n2-c2cccc(Cl)c2)cc(OCC)c1OCC. The zero-order chi connectivity index (χ0) is 28.5. The van der Waals surface area contributed by atoms with E-state index in [0.717, 1.165) is 15.7 Å². The van der Waals surface area contributed by atoms with Crippen LogP contribution in [0.3, 0.4) is 0 Å². The molecule has 0 radical (unpaired) electrons. The van der Waals surface area contributed by atoms with Crippen LogP contribution >= 0.6 is 39.3 Å². The summed E-state index contributed by atoms with van der Waals surface area (Å²) >= 11 is 11.3. The molecule has 0 atom stereocenters. The molecule has 11 heteroatoms. The molecule has 8 nitrogen and oxygen atoms in total. The van der Waals surface area contributed by atoms with Gasteiger partial charge in [0.2, 0.25) is 5.75 Å². The molecule has 0 spiro atoms. The first-order valence-corrected chi connectivity index (χ1v) is 15.0. The number of rotatable bonds is 13. The third kappa shape index (κ3) is 7.50. The van der Waals surface area contributed by atoms with Crippen molar-refractivity contribution in [2.24, 2.45) is 0 Å². The normalized spacial score (nSPS) is 10.8. The van der Waals surface area contributed by atoms with Crippen molar-refractivity contribution < 1.29 is 19.0 Å². The van der Waals surface area contributed by atoms with Crippen LogP contribution in [0.25, 0.3) is 5.69 Å². The Balaban J connectivity index is 1.59. The molecule has 0 aliphatic rings. The Morgan fingerprint density at radius 1 is 0.950 bits per heavy atom. The minimum Gasteiger partial charge on any atom is -0.490 e. The second-order valence-corrected chi connectivity index (χ2v) is 10.7. The summed E-state index contributed by atoms with van der Waals surface area (Å²) in [5.74, 6) is 2.34. The van der Waals surface area contributed by atoms with E-state index in [1.165, 1.54) is 0 Å². The van der Waals surface area contributed by atoms with Crippen molar-refractivity contribution in [1.29, 1.82) is 0 Å². The number of hydrogen-bond donors (Lipinski definition) is 1. The number of carbonyl (C=O) groups excluding carboxylic acids is 1. The van der Waals surface area contributed by atoms with Crippen molar-refractivity contribution in [2.75, 3.05) is 19.8 Å². The molecule has 4 aromatic rings. The van der Waals surface area contributed by atoms with E-state index in [1.807, 2.05) is 61.7 Å². The van der Waals surface area contributed by atoms with Crippen molar-refractivity contribution in [3.8, 4) is 22.9 Å². The first kappa shape index (κ1) is 29.8. The van der Waals surface area contributed by atoms with Gasteiger partial charge in [0.15, 0.2) is 22.5 Å². The summed E-state index contributed by atoms with van der Waals surface area (Å²) in [5.41, 5.74) is 2.33. The van der Waals surface area contributed by atoms with Gasteiger partial charge in [0.05, 0.1) is 32.1 Å². The molecule has 0 saturated carbocycles. The molecule has 0 saturated heterocycles. The zero-order valence-electron chi connectivity index (χ0n) is 22.4. The molecule has 40 heavy (non-hydrogen) atoms. The second kappa shape index (κ2) is 14.4. The van der Waals surface area contributed by atoms with Crippen molar-refractivity contribution in [3.05, 3.63) is 87.1 Å². The molecule has 3 aromatic carbocycles. The Bertz CT molecular complexity index is 1420. The van der Waals surface area contributed by atoms with Gasteiger partial charge < -0.3 is 19.5 Å². The van der Waals surface area contributed by atoms with Crippen LogP contribution in [0.15, 0.2) is 70.3 Å².